The van der Waals surface area contributed by atoms with E-state index in [1.807, 2.05) is 0 Å². The van der Waals surface area contributed by atoms with Crippen LogP contribution < -0.4 is 5.32 Å². The second-order valence-electron chi connectivity index (χ2n) is 6.46. The maximum Gasteiger partial charge on any atom is 0.235 e. The average molecular weight is 279 g/mol. The molecule has 0 bridgehead atoms. The number of piperazine rings is 1. The summed E-state index contributed by atoms with van der Waals surface area (Å²) in [5.41, 5.74) is -0.321. The van der Waals surface area contributed by atoms with Crippen LogP contribution in [0.15, 0.2) is 0 Å². The zero-order chi connectivity index (χ0) is 14.0. The molecule has 3 aliphatic rings. The lowest BCUT2D eigenvalue weighted by molar-refractivity contribution is -0.142. The fourth-order valence-corrected chi connectivity index (χ4v) is 3.88. The first-order valence-electron chi connectivity index (χ1n) is 7.99. The van der Waals surface area contributed by atoms with Gasteiger partial charge in [0.2, 0.25) is 11.8 Å². The van der Waals surface area contributed by atoms with Crippen molar-refractivity contribution in [2.75, 3.05) is 39.3 Å². The van der Waals surface area contributed by atoms with Gasteiger partial charge in [0.05, 0.1) is 5.41 Å². The van der Waals surface area contributed by atoms with Crippen LogP contribution in [-0.2, 0) is 9.59 Å². The summed E-state index contributed by atoms with van der Waals surface area (Å²) >= 11 is 0. The maximum atomic E-state index is 12.6. The van der Waals surface area contributed by atoms with Crippen molar-refractivity contribution in [3.05, 3.63) is 0 Å². The summed E-state index contributed by atoms with van der Waals surface area (Å²) in [6.07, 6.45) is 5.72. The van der Waals surface area contributed by atoms with Gasteiger partial charge in [-0.25, -0.2) is 0 Å². The van der Waals surface area contributed by atoms with Crippen LogP contribution in [0.4, 0.5) is 0 Å². The van der Waals surface area contributed by atoms with E-state index in [1.54, 1.807) is 4.90 Å². The van der Waals surface area contributed by atoms with Crippen molar-refractivity contribution in [3.8, 4) is 0 Å². The van der Waals surface area contributed by atoms with Crippen molar-refractivity contribution < 1.29 is 9.59 Å². The number of hydrogen-bond donors (Lipinski definition) is 1. The third-order valence-electron chi connectivity index (χ3n) is 5.15. The summed E-state index contributed by atoms with van der Waals surface area (Å²) in [7, 11) is 0. The van der Waals surface area contributed by atoms with E-state index in [0.717, 1.165) is 58.4 Å². The molecule has 2 saturated heterocycles. The number of likely N-dealkylation sites (tertiary alicyclic amines) is 1. The molecule has 0 aromatic carbocycles. The summed E-state index contributed by atoms with van der Waals surface area (Å²) in [5.74, 6) is 0.185. The molecule has 1 spiro atoms. The Bertz CT molecular complexity index is 385. The Labute approximate surface area is 120 Å². The Morgan fingerprint density at radius 1 is 1.00 bits per heavy atom. The minimum atomic E-state index is -0.321. The molecule has 3 rings (SSSR count). The monoisotopic (exact) mass is 279 g/mol. The summed E-state index contributed by atoms with van der Waals surface area (Å²) in [6, 6.07) is 0. The van der Waals surface area contributed by atoms with Crippen molar-refractivity contribution in [1.29, 1.82) is 0 Å². The smallest absolute Gasteiger partial charge is 0.235 e. The van der Waals surface area contributed by atoms with E-state index in [0.29, 0.717) is 13.0 Å². The normalized spacial score (nSPS) is 27.5. The summed E-state index contributed by atoms with van der Waals surface area (Å²) in [6.45, 7) is 5.45. The summed E-state index contributed by atoms with van der Waals surface area (Å²) in [4.78, 5) is 28.7. The van der Waals surface area contributed by atoms with Crippen LogP contribution in [0.3, 0.4) is 0 Å². The van der Waals surface area contributed by atoms with Gasteiger partial charge in [0, 0.05) is 45.7 Å². The number of nitrogens with one attached hydrogen (secondary N) is 1. The third kappa shape index (κ3) is 2.61. The molecular weight excluding hydrogens is 254 g/mol. The molecule has 112 valence electrons. The average Bonchev–Trinajstić information content (AvgIpc) is 2.70. The summed E-state index contributed by atoms with van der Waals surface area (Å²) in [5, 5.41) is 3.32. The predicted octanol–water partition coefficient (Wildman–Crippen LogP) is 0.601. The first-order valence-corrected chi connectivity index (χ1v) is 7.99. The number of carbonyl (C=O) groups is 2. The first-order chi connectivity index (χ1) is 9.71. The predicted molar refractivity (Wildman–Crippen MR) is 76.2 cm³/mol. The molecular formula is C15H25N3O2. The highest BCUT2D eigenvalue weighted by Crippen LogP contribution is 2.45. The molecule has 1 N–H and O–H groups in total. The number of amides is 2. The quantitative estimate of drug-likeness (QED) is 0.769. The van der Waals surface area contributed by atoms with Crippen molar-refractivity contribution >= 4 is 11.8 Å². The highest BCUT2D eigenvalue weighted by atomic mass is 16.2. The van der Waals surface area contributed by atoms with Crippen molar-refractivity contribution in [3.63, 3.8) is 0 Å². The van der Waals surface area contributed by atoms with Gasteiger partial charge >= 0.3 is 0 Å². The van der Waals surface area contributed by atoms with Crippen LogP contribution in [0.1, 0.15) is 38.5 Å². The number of imide groups is 1. The van der Waals surface area contributed by atoms with Crippen LogP contribution in [0.5, 0.6) is 0 Å². The van der Waals surface area contributed by atoms with E-state index in [4.69, 9.17) is 0 Å². The molecule has 20 heavy (non-hydrogen) atoms. The zero-order valence-electron chi connectivity index (χ0n) is 12.2. The van der Waals surface area contributed by atoms with Crippen LogP contribution in [0.2, 0.25) is 0 Å². The first kappa shape index (κ1) is 14.0. The van der Waals surface area contributed by atoms with Gasteiger partial charge in [-0.3, -0.25) is 19.4 Å². The minimum absolute atomic E-state index is 0.0621. The van der Waals surface area contributed by atoms with Crippen molar-refractivity contribution in [2.24, 2.45) is 5.41 Å². The van der Waals surface area contributed by atoms with Crippen LogP contribution in [0.25, 0.3) is 0 Å². The van der Waals surface area contributed by atoms with Gasteiger partial charge in [-0.15, -0.1) is 0 Å². The molecule has 0 radical (unpaired) electrons. The van der Waals surface area contributed by atoms with Gasteiger partial charge in [0.15, 0.2) is 0 Å². The van der Waals surface area contributed by atoms with Gasteiger partial charge in [0.1, 0.15) is 0 Å². The lowest BCUT2D eigenvalue weighted by atomic mass is 9.73. The zero-order valence-corrected chi connectivity index (χ0v) is 12.2. The SMILES string of the molecule is O=C1CC2(CCCCC2)C(=O)N1CCN1CCNCC1. The number of nitrogens with zero attached hydrogens (tertiary/aromatic N) is 2. The molecule has 0 aromatic heterocycles. The Hall–Kier alpha value is -0.940. The van der Waals surface area contributed by atoms with Crippen molar-refractivity contribution in [1.82, 2.24) is 15.1 Å². The maximum absolute atomic E-state index is 12.6. The van der Waals surface area contributed by atoms with E-state index < -0.39 is 0 Å². The Kier molecular flexibility index (Phi) is 4.08. The highest BCUT2D eigenvalue weighted by molar-refractivity contribution is 6.05. The van der Waals surface area contributed by atoms with Crippen LogP contribution >= 0.6 is 0 Å². The van der Waals surface area contributed by atoms with Gasteiger partial charge < -0.3 is 5.32 Å². The minimum Gasteiger partial charge on any atom is -0.314 e. The lowest BCUT2D eigenvalue weighted by Crippen LogP contribution is -2.47. The Balaban J connectivity index is 1.58. The Morgan fingerprint density at radius 2 is 1.70 bits per heavy atom. The third-order valence-corrected chi connectivity index (χ3v) is 5.15. The molecule has 0 atom stereocenters. The fourth-order valence-electron chi connectivity index (χ4n) is 3.88. The molecule has 5 nitrogen and oxygen atoms in total. The molecule has 0 aromatic rings. The van der Waals surface area contributed by atoms with E-state index in [2.05, 4.69) is 10.2 Å². The van der Waals surface area contributed by atoms with E-state index >= 15 is 0 Å². The molecule has 2 amide bonds. The highest BCUT2D eigenvalue weighted by Gasteiger charge is 2.51. The van der Waals surface area contributed by atoms with Gasteiger partial charge in [-0.1, -0.05) is 19.3 Å². The largest absolute Gasteiger partial charge is 0.314 e. The van der Waals surface area contributed by atoms with Gasteiger partial charge in [0.25, 0.3) is 0 Å². The van der Waals surface area contributed by atoms with Gasteiger partial charge in [-0.2, -0.15) is 0 Å². The molecule has 5 heteroatoms. The molecule has 2 heterocycles. The topological polar surface area (TPSA) is 52.7 Å². The molecule has 0 unspecified atom stereocenters. The molecule has 3 fully saturated rings. The van der Waals surface area contributed by atoms with Crippen molar-refractivity contribution in [2.45, 2.75) is 38.5 Å². The van der Waals surface area contributed by atoms with E-state index in [1.165, 1.54) is 6.42 Å². The molecule has 2 aliphatic heterocycles. The lowest BCUT2D eigenvalue weighted by Gasteiger charge is -2.31. The molecule has 1 aliphatic carbocycles. The molecule has 1 saturated carbocycles. The Morgan fingerprint density at radius 3 is 2.40 bits per heavy atom. The number of rotatable bonds is 3. The van der Waals surface area contributed by atoms with Gasteiger partial charge in [-0.05, 0) is 12.8 Å². The van der Waals surface area contributed by atoms with Crippen LogP contribution in [0, 0.1) is 5.41 Å². The van der Waals surface area contributed by atoms with E-state index in [9.17, 15) is 9.59 Å². The standard InChI is InChI=1S/C15H25N3O2/c19-13-12-15(4-2-1-3-5-15)14(20)18(13)11-10-17-8-6-16-7-9-17/h16H,1-12H2. The van der Waals surface area contributed by atoms with E-state index in [-0.39, 0.29) is 17.2 Å². The summed E-state index contributed by atoms with van der Waals surface area (Å²) < 4.78 is 0. The fraction of sp³-hybridized carbons (Fsp3) is 0.867. The van der Waals surface area contributed by atoms with Crippen LogP contribution in [-0.4, -0.2) is 60.9 Å². The second kappa shape index (κ2) is 5.82. The second-order valence-corrected chi connectivity index (χ2v) is 6.46. The number of carbonyl (C=O) groups excluding carboxylic acids is 2. The number of hydrogen-bond acceptors (Lipinski definition) is 4.